The molecule has 0 fully saturated rings. The molecule has 0 amide bonds. The van der Waals surface area contributed by atoms with E-state index in [1.165, 1.54) is 14.2 Å². The molecule has 0 aliphatic rings. The van der Waals surface area contributed by atoms with Gasteiger partial charge in [0, 0.05) is 0 Å². The zero-order chi connectivity index (χ0) is 28.1. The van der Waals surface area contributed by atoms with E-state index in [9.17, 15) is 10.2 Å². The topological polar surface area (TPSA) is 150 Å². The summed E-state index contributed by atoms with van der Waals surface area (Å²) in [5.41, 5.74) is 2.29. The average Bonchev–Trinajstić information content (AvgIpc) is 3.61. The highest BCUT2D eigenvalue weighted by Crippen LogP contribution is 2.49. The number of ether oxygens (including phenoxy) is 2. The molecule has 0 aliphatic carbocycles. The van der Waals surface area contributed by atoms with Gasteiger partial charge in [0.15, 0.2) is 0 Å². The fraction of sp³-hybridized carbons (Fsp3) is 0.276. The first-order chi connectivity index (χ1) is 19.5. The molecule has 0 atom stereocenters. The van der Waals surface area contributed by atoms with Crippen LogP contribution in [0, 0.1) is 0 Å². The normalized spacial score (nSPS) is 11.1. The van der Waals surface area contributed by atoms with Crippen molar-refractivity contribution in [3.05, 3.63) is 77.5 Å². The SMILES string of the molecule is CCCCc1nc(O)c(-c2nnc(Cc3nnc(Cc4ccccc4)o3)o2)c(O)c1-c1c(OC)cccc1OC. The van der Waals surface area contributed by atoms with E-state index in [4.69, 9.17) is 18.3 Å². The predicted molar refractivity (Wildman–Crippen MR) is 144 cm³/mol. The fourth-order valence-electron chi connectivity index (χ4n) is 4.45. The first kappa shape index (κ1) is 26.7. The fourth-order valence-corrected chi connectivity index (χ4v) is 4.45. The van der Waals surface area contributed by atoms with Gasteiger partial charge < -0.3 is 28.5 Å². The minimum absolute atomic E-state index is 0.0749. The lowest BCUT2D eigenvalue weighted by molar-refractivity contribution is 0.395. The van der Waals surface area contributed by atoms with Gasteiger partial charge in [-0.3, -0.25) is 0 Å². The molecule has 0 radical (unpaired) electrons. The standard InChI is InChI=1S/C29H29N5O6/c1-4-5-12-18-24(25-19(37-2)13-9-14-20(25)38-3)27(35)26(28(36)30-18)29-34-33-23(40-29)16-22-32-31-21(39-22)15-17-10-7-6-8-11-17/h6-11,13-14H,4-5,12,15-16H2,1-3H3,(H2,30,35,36). The number of pyridine rings is 1. The molecule has 0 spiro atoms. The maximum absolute atomic E-state index is 11.6. The highest BCUT2D eigenvalue weighted by atomic mass is 16.5. The van der Waals surface area contributed by atoms with E-state index in [2.05, 4.69) is 25.4 Å². The Labute approximate surface area is 230 Å². The summed E-state index contributed by atoms with van der Waals surface area (Å²) in [6.07, 6.45) is 2.76. The van der Waals surface area contributed by atoms with Crippen LogP contribution >= 0.6 is 0 Å². The number of nitrogens with zero attached hydrogens (tertiary/aromatic N) is 5. The zero-order valence-corrected chi connectivity index (χ0v) is 22.4. The molecule has 5 rings (SSSR count). The lowest BCUT2D eigenvalue weighted by Gasteiger charge is -2.18. The van der Waals surface area contributed by atoms with Gasteiger partial charge in [-0.25, -0.2) is 4.98 Å². The Morgan fingerprint density at radius 2 is 1.38 bits per heavy atom. The summed E-state index contributed by atoms with van der Waals surface area (Å²) in [4.78, 5) is 4.43. The van der Waals surface area contributed by atoms with Gasteiger partial charge in [-0.15, -0.1) is 20.4 Å². The van der Waals surface area contributed by atoms with Gasteiger partial charge in [0.05, 0.1) is 37.5 Å². The third kappa shape index (κ3) is 5.44. The maximum atomic E-state index is 11.6. The monoisotopic (exact) mass is 543 g/mol. The van der Waals surface area contributed by atoms with Crippen molar-refractivity contribution in [2.24, 2.45) is 0 Å². The molecule has 2 aromatic carbocycles. The van der Waals surface area contributed by atoms with E-state index < -0.39 is 5.88 Å². The van der Waals surface area contributed by atoms with Crippen LogP contribution in [0.2, 0.25) is 0 Å². The molecule has 11 heteroatoms. The summed E-state index contributed by atoms with van der Waals surface area (Å²) in [5, 5.41) is 38.7. The second-order valence-electron chi connectivity index (χ2n) is 9.05. The van der Waals surface area contributed by atoms with Crippen LogP contribution in [0.1, 0.15) is 48.7 Å². The van der Waals surface area contributed by atoms with Gasteiger partial charge in [-0.1, -0.05) is 49.7 Å². The number of aromatic nitrogens is 5. The van der Waals surface area contributed by atoms with Crippen molar-refractivity contribution in [1.82, 2.24) is 25.4 Å². The first-order valence-electron chi connectivity index (χ1n) is 12.9. The Morgan fingerprint density at radius 1 is 0.725 bits per heavy atom. The third-order valence-corrected chi connectivity index (χ3v) is 6.36. The highest BCUT2D eigenvalue weighted by molar-refractivity contribution is 5.88. The largest absolute Gasteiger partial charge is 0.506 e. The maximum Gasteiger partial charge on any atom is 0.257 e. The average molecular weight is 544 g/mol. The van der Waals surface area contributed by atoms with Crippen molar-refractivity contribution in [3.63, 3.8) is 0 Å². The van der Waals surface area contributed by atoms with E-state index in [-0.39, 0.29) is 29.5 Å². The summed E-state index contributed by atoms with van der Waals surface area (Å²) in [6, 6.07) is 15.1. The molecule has 3 aromatic heterocycles. The lowest BCUT2D eigenvalue weighted by Crippen LogP contribution is -2.01. The number of aryl methyl sites for hydroxylation is 1. The minimum atomic E-state index is -0.431. The Kier molecular flexibility index (Phi) is 7.90. The minimum Gasteiger partial charge on any atom is -0.506 e. The second-order valence-corrected chi connectivity index (χ2v) is 9.05. The van der Waals surface area contributed by atoms with E-state index in [1.807, 2.05) is 37.3 Å². The molecule has 0 saturated carbocycles. The number of aromatic hydroxyl groups is 2. The summed E-state index contributed by atoms with van der Waals surface area (Å²) < 4.78 is 22.7. The van der Waals surface area contributed by atoms with E-state index in [1.54, 1.807) is 18.2 Å². The van der Waals surface area contributed by atoms with Gasteiger partial charge in [0.2, 0.25) is 23.6 Å². The van der Waals surface area contributed by atoms with Crippen LogP contribution in [0.15, 0.2) is 57.4 Å². The van der Waals surface area contributed by atoms with Crippen molar-refractivity contribution in [3.8, 4) is 45.7 Å². The van der Waals surface area contributed by atoms with Crippen LogP contribution in [0.3, 0.4) is 0 Å². The molecule has 206 valence electrons. The van der Waals surface area contributed by atoms with E-state index >= 15 is 0 Å². The molecular formula is C29H29N5O6. The van der Waals surface area contributed by atoms with Crippen LogP contribution in [-0.4, -0.2) is 49.8 Å². The number of unbranched alkanes of at least 4 members (excludes halogenated alkanes) is 1. The molecule has 0 unspecified atom stereocenters. The predicted octanol–water partition coefficient (Wildman–Crippen LogP) is 5.13. The molecule has 11 nitrogen and oxygen atoms in total. The third-order valence-electron chi connectivity index (χ3n) is 6.36. The van der Waals surface area contributed by atoms with Gasteiger partial charge >= 0.3 is 0 Å². The van der Waals surface area contributed by atoms with E-state index in [0.717, 1.165) is 18.4 Å². The molecule has 2 N–H and O–H groups in total. The quantitative estimate of drug-likeness (QED) is 0.228. The lowest BCUT2D eigenvalue weighted by atomic mass is 9.95. The van der Waals surface area contributed by atoms with Crippen molar-refractivity contribution < 1.29 is 28.5 Å². The molecule has 0 saturated heterocycles. The summed E-state index contributed by atoms with van der Waals surface area (Å²) in [7, 11) is 3.06. The summed E-state index contributed by atoms with van der Waals surface area (Å²) in [5.74, 6) is 1.04. The zero-order valence-electron chi connectivity index (χ0n) is 22.4. The first-order valence-corrected chi connectivity index (χ1v) is 12.9. The van der Waals surface area contributed by atoms with Crippen LogP contribution in [0.25, 0.3) is 22.6 Å². The molecule has 40 heavy (non-hydrogen) atoms. The smallest absolute Gasteiger partial charge is 0.257 e. The van der Waals surface area contributed by atoms with Crippen LogP contribution in [0.4, 0.5) is 0 Å². The van der Waals surface area contributed by atoms with Gasteiger partial charge in [-0.2, -0.15) is 0 Å². The highest BCUT2D eigenvalue weighted by Gasteiger charge is 2.29. The molecular weight excluding hydrogens is 514 g/mol. The van der Waals surface area contributed by atoms with Crippen molar-refractivity contribution >= 4 is 0 Å². The van der Waals surface area contributed by atoms with Crippen LogP contribution in [-0.2, 0) is 19.3 Å². The summed E-state index contributed by atoms with van der Waals surface area (Å²) in [6.45, 7) is 2.05. The molecule has 0 bridgehead atoms. The van der Waals surface area contributed by atoms with Gasteiger partial charge in [-0.05, 0) is 30.5 Å². The number of benzene rings is 2. The Morgan fingerprint density at radius 3 is 2.05 bits per heavy atom. The number of hydrogen-bond acceptors (Lipinski definition) is 11. The van der Waals surface area contributed by atoms with Crippen LogP contribution < -0.4 is 9.47 Å². The van der Waals surface area contributed by atoms with Gasteiger partial charge in [0.25, 0.3) is 5.89 Å². The number of hydrogen-bond donors (Lipinski definition) is 2. The van der Waals surface area contributed by atoms with Crippen molar-refractivity contribution in [2.45, 2.75) is 39.0 Å². The van der Waals surface area contributed by atoms with Gasteiger partial charge in [0.1, 0.15) is 29.2 Å². The Bertz CT molecular complexity index is 1580. The molecule has 0 aliphatic heterocycles. The van der Waals surface area contributed by atoms with Crippen molar-refractivity contribution in [1.29, 1.82) is 0 Å². The second kappa shape index (κ2) is 11.9. The van der Waals surface area contributed by atoms with Crippen molar-refractivity contribution in [2.75, 3.05) is 14.2 Å². The Balaban J connectivity index is 1.50. The molecule has 3 heterocycles. The van der Waals surface area contributed by atoms with Crippen LogP contribution in [0.5, 0.6) is 23.1 Å². The van der Waals surface area contributed by atoms with E-state index in [0.29, 0.717) is 52.9 Å². The number of methoxy groups -OCH3 is 2. The molecule has 5 aromatic rings. The Hall–Kier alpha value is -4.93. The summed E-state index contributed by atoms with van der Waals surface area (Å²) >= 11 is 0. The number of rotatable bonds is 11.